The lowest BCUT2D eigenvalue weighted by Gasteiger charge is -2.54. The van der Waals surface area contributed by atoms with Crippen LogP contribution >= 0.6 is 0 Å². The summed E-state index contributed by atoms with van der Waals surface area (Å²) in [5.41, 5.74) is 1.74. The van der Waals surface area contributed by atoms with E-state index in [1.54, 1.807) is 4.90 Å². The molecule has 1 aromatic carbocycles. The maximum absolute atomic E-state index is 14.0. The predicted molar refractivity (Wildman–Crippen MR) is 151 cm³/mol. The van der Waals surface area contributed by atoms with Crippen molar-refractivity contribution in [3.8, 4) is 11.5 Å². The van der Waals surface area contributed by atoms with Crippen LogP contribution in [-0.2, 0) is 24.9 Å². The van der Waals surface area contributed by atoms with E-state index in [-0.39, 0.29) is 35.6 Å². The number of carbonyl (C=O) groups is 2. The second-order valence-electron chi connectivity index (χ2n) is 13.9. The number of ketones is 1. The van der Waals surface area contributed by atoms with Crippen LogP contribution in [-0.4, -0.2) is 65.6 Å². The quantitative estimate of drug-likeness (QED) is 0.403. The highest BCUT2D eigenvalue weighted by molar-refractivity contribution is 6.74. The van der Waals surface area contributed by atoms with Crippen molar-refractivity contribution in [2.24, 2.45) is 0 Å². The molecule has 1 aliphatic carbocycles. The van der Waals surface area contributed by atoms with Gasteiger partial charge < -0.3 is 23.1 Å². The van der Waals surface area contributed by atoms with Crippen molar-refractivity contribution in [3.05, 3.63) is 23.3 Å². The standard InChI is InChI=1S/C28H45NO7Si2/c1-27(2,3)37(8,9)35-22-14-19(30)23-18-13-21-20(33-16-34-21)12-17(18)15-29(26(31)32-7)24(23)25(22)36-38(10,11)28(4,5)6/h12-13,22-25H,14-16H2,1-11H3/t22-,23+,24-,25-/m1/s1. The average molecular weight is 564 g/mol. The van der Waals surface area contributed by atoms with Crippen LogP contribution in [0.4, 0.5) is 4.79 Å². The molecule has 2 heterocycles. The smallest absolute Gasteiger partial charge is 0.410 e. The van der Waals surface area contributed by atoms with E-state index in [4.69, 9.17) is 23.1 Å². The Morgan fingerprint density at radius 2 is 1.50 bits per heavy atom. The van der Waals surface area contributed by atoms with Gasteiger partial charge in [-0.05, 0) is 59.5 Å². The molecule has 3 aliphatic rings. The largest absolute Gasteiger partial charge is 0.454 e. The molecule has 0 radical (unpaired) electrons. The normalized spacial score (nSPS) is 25.7. The fraction of sp³-hybridized carbons (Fsp3) is 0.714. The summed E-state index contributed by atoms with van der Waals surface area (Å²) < 4.78 is 30.6. The first-order chi connectivity index (χ1) is 17.4. The van der Waals surface area contributed by atoms with Crippen molar-refractivity contribution in [2.75, 3.05) is 13.9 Å². The molecule has 0 N–H and O–H groups in total. The molecule has 0 aromatic heterocycles. The number of benzene rings is 1. The van der Waals surface area contributed by atoms with Gasteiger partial charge in [0.05, 0.1) is 31.3 Å². The Kier molecular flexibility index (Phi) is 7.38. The lowest BCUT2D eigenvalue weighted by molar-refractivity contribution is -0.136. The number of Topliss-reactive ketones (excluding diaryl/α,β-unsaturated/α-hetero) is 1. The number of amides is 1. The molecule has 38 heavy (non-hydrogen) atoms. The Bertz CT molecular complexity index is 1110. The molecule has 0 unspecified atom stereocenters. The van der Waals surface area contributed by atoms with Gasteiger partial charge >= 0.3 is 6.09 Å². The van der Waals surface area contributed by atoms with E-state index in [2.05, 4.69) is 67.7 Å². The predicted octanol–water partition coefficient (Wildman–Crippen LogP) is 6.20. The van der Waals surface area contributed by atoms with Gasteiger partial charge in [-0.1, -0.05) is 41.5 Å². The SMILES string of the molecule is COC(=O)N1Cc2cc3c(cc2[C@H]2C(=O)C[C@@H](O[Si](C)(C)C(C)(C)C)[C@@H](O[Si](C)(C)C(C)(C)C)[C@@H]21)OCO3. The van der Waals surface area contributed by atoms with Gasteiger partial charge in [0.1, 0.15) is 5.78 Å². The van der Waals surface area contributed by atoms with Gasteiger partial charge in [0.25, 0.3) is 0 Å². The highest BCUT2D eigenvalue weighted by atomic mass is 28.4. The molecule has 0 spiro atoms. The molecule has 1 saturated carbocycles. The van der Waals surface area contributed by atoms with E-state index in [1.165, 1.54) is 7.11 Å². The minimum atomic E-state index is -2.34. The van der Waals surface area contributed by atoms with Crippen molar-refractivity contribution in [2.45, 2.75) is 115 Å². The minimum absolute atomic E-state index is 0.0440. The van der Waals surface area contributed by atoms with Gasteiger partial charge in [-0.2, -0.15) is 0 Å². The van der Waals surface area contributed by atoms with Crippen molar-refractivity contribution < 1.29 is 32.7 Å². The molecule has 4 atom stereocenters. The zero-order valence-corrected chi connectivity index (χ0v) is 26.9. The number of nitrogens with zero attached hydrogens (tertiary/aromatic N) is 1. The molecule has 0 saturated heterocycles. The Morgan fingerprint density at radius 1 is 0.947 bits per heavy atom. The van der Waals surface area contributed by atoms with E-state index in [1.807, 2.05) is 12.1 Å². The fourth-order valence-corrected chi connectivity index (χ4v) is 7.75. The number of hydrogen-bond donors (Lipinski definition) is 0. The number of rotatable bonds is 4. The number of carbonyl (C=O) groups excluding carboxylic acids is 2. The van der Waals surface area contributed by atoms with Crippen molar-refractivity contribution in [1.29, 1.82) is 0 Å². The summed E-state index contributed by atoms with van der Waals surface area (Å²) in [6, 6.07) is 3.25. The summed E-state index contributed by atoms with van der Waals surface area (Å²) in [5.74, 6) is 0.732. The van der Waals surface area contributed by atoms with Gasteiger partial charge in [-0.15, -0.1) is 0 Å². The fourth-order valence-electron chi connectivity index (χ4n) is 5.10. The third-order valence-corrected chi connectivity index (χ3v) is 18.3. The first kappa shape index (κ1) is 29.1. The summed E-state index contributed by atoms with van der Waals surface area (Å²) in [6.07, 6.45) is -1.18. The zero-order valence-electron chi connectivity index (χ0n) is 24.9. The highest BCUT2D eigenvalue weighted by Crippen LogP contribution is 2.50. The van der Waals surface area contributed by atoms with Gasteiger partial charge in [0, 0.05) is 13.0 Å². The molecule has 1 fully saturated rings. The molecule has 1 amide bonds. The van der Waals surface area contributed by atoms with Gasteiger partial charge in [0.2, 0.25) is 6.79 Å². The summed E-state index contributed by atoms with van der Waals surface area (Å²) in [6.45, 7) is 22.4. The topological polar surface area (TPSA) is 83.5 Å². The lowest BCUT2D eigenvalue weighted by atomic mass is 9.71. The molecular weight excluding hydrogens is 518 g/mol. The Hall–Kier alpha value is -1.89. The summed E-state index contributed by atoms with van der Waals surface area (Å²) in [5, 5.41) is -0.117. The van der Waals surface area contributed by atoms with Crippen molar-refractivity contribution in [3.63, 3.8) is 0 Å². The summed E-state index contributed by atoms with van der Waals surface area (Å²) >= 11 is 0. The Labute approximate surface area is 229 Å². The van der Waals surface area contributed by atoms with Crippen molar-refractivity contribution >= 4 is 28.5 Å². The molecular formula is C28H45NO7Si2. The van der Waals surface area contributed by atoms with E-state index in [0.29, 0.717) is 11.5 Å². The van der Waals surface area contributed by atoms with Crippen LogP contribution in [0.5, 0.6) is 11.5 Å². The van der Waals surface area contributed by atoms with Crippen LogP contribution in [0, 0.1) is 0 Å². The number of methoxy groups -OCH3 is 1. The van der Waals surface area contributed by atoms with Crippen LogP contribution in [0.25, 0.3) is 0 Å². The van der Waals surface area contributed by atoms with Gasteiger partial charge in [0.15, 0.2) is 28.1 Å². The lowest BCUT2D eigenvalue weighted by Crippen LogP contribution is -2.66. The van der Waals surface area contributed by atoms with E-state index in [0.717, 1.165) is 11.1 Å². The van der Waals surface area contributed by atoms with Crippen LogP contribution < -0.4 is 9.47 Å². The monoisotopic (exact) mass is 563 g/mol. The van der Waals surface area contributed by atoms with Gasteiger partial charge in [-0.3, -0.25) is 9.69 Å². The molecule has 212 valence electrons. The number of ether oxygens (including phenoxy) is 3. The molecule has 10 heteroatoms. The molecule has 4 rings (SSSR count). The van der Waals surface area contributed by atoms with E-state index >= 15 is 0 Å². The van der Waals surface area contributed by atoms with Crippen LogP contribution in [0.1, 0.15) is 65.0 Å². The maximum Gasteiger partial charge on any atom is 0.410 e. The first-order valence-corrected chi connectivity index (χ1v) is 19.3. The Balaban J connectivity index is 1.86. The average Bonchev–Trinajstić information content (AvgIpc) is 3.24. The van der Waals surface area contributed by atoms with Crippen LogP contribution in [0.2, 0.25) is 36.3 Å². The molecule has 1 aromatic rings. The van der Waals surface area contributed by atoms with Crippen LogP contribution in [0.15, 0.2) is 12.1 Å². The number of fused-ring (bicyclic) bond motifs is 4. The molecule has 8 nitrogen and oxygen atoms in total. The zero-order chi connectivity index (χ0) is 28.4. The number of hydrogen-bond acceptors (Lipinski definition) is 7. The van der Waals surface area contributed by atoms with Crippen LogP contribution in [0.3, 0.4) is 0 Å². The second kappa shape index (κ2) is 9.64. The Morgan fingerprint density at radius 3 is 2.05 bits per heavy atom. The van der Waals surface area contributed by atoms with E-state index in [9.17, 15) is 9.59 Å². The third kappa shape index (κ3) is 5.04. The first-order valence-electron chi connectivity index (χ1n) is 13.5. The molecule has 0 bridgehead atoms. The molecule has 2 aliphatic heterocycles. The van der Waals surface area contributed by atoms with Gasteiger partial charge in [-0.25, -0.2) is 4.79 Å². The summed E-state index contributed by atoms with van der Waals surface area (Å²) in [7, 11) is -3.23. The summed E-state index contributed by atoms with van der Waals surface area (Å²) in [4.78, 5) is 29.0. The highest BCUT2D eigenvalue weighted by Gasteiger charge is 2.57. The second-order valence-corrected chi connectivity index (χ2v) is 23.4. The van der Waals surface area contributed by atoms with E-state index < -0.39 is 46.9 Å². The third-order valence-electron chi connectivity index (χ3n) is 9.36. The maximum atomic E-state index is 14.0. The minimum Gasteiger partial charge on any atom is -0.454 e. The van der Waals surface area contributed by atoms with Crippen molar-refractivity contribution in [1.82, 2.24) is 4.90 Å².